The zero-order valence-corrected chi connectivity index (χ0v) is 11.6. The maximum atomic E-state index is 11.1. The lowest BCUT2D eigenvalue weighted by atomic mass is 10.1. The molecule has 1 aliphatic rings. The second-order valence-electron chi connectivity index (χ2n) is 4.66. The Morgan fingerprint density at radius 3 is 3.05 bits per heavy atom. The standard InChI is InChI=1S/C15H21NO3/c1-3-16-9-10-19-14-8-7-12(11-13(14)16)5-4-6-15(17)18-2/h7-8,11H,3-6,9-10H2,1-2H3. The maximum Gasteiger partial charge on any atom is 0.305 e. The Hall–Kier alpha value is -1.71. The SMILES string of the molecule is CCN1CCOc2ccc(CCCC(=O)OC)cc21. The predicted octanol–water partition coefficient (Wildman–Crippen LogP) is 2.40. The minimum Gasteiger partial charge on any atom is -0.490 e. The third-order valence-corrected chi connectivity index (χ3v) is 3.44. The lowest BCUT2D eigenvalue weighted by Gasteiger charge is -2.30. The smallest absolute Gasteiger partial charge is 0.305 e. The number of rotatable bonds is 5. The summed E-state index contributed by atoms with van der Waals surface area (Å²) in [7, 11) is 1.43. The summed E-state index contributed by atoms with van der Waals surface area (Å²) < 4.78 is 10.3. The van der Waals surface area contributed by atoms with Gasteiger partial charge in [-0.3, -0.25) is 4.79 Å². The summed E-state index contributed by atoms with van der Waals surface area (Å²) in [5, 5.41) is 0. The van der Waals surface area contributed by atoms with E-state index in [4.69, 9.17) is 4.74 Å². The summed E-state index contributed by atoms with van der Waals surface area (Å²) in [5.74, 6) is 0.821. The molecule has 1 aromatic carbocycles. The Kier molecular flexibility index (Phi) is 4.66. The number of carbonyl (C=O) groups is 1. The van der Waals surface area contributed by atoms with Gasteiger partial charge in [-0.05, 0) is 37.5 Å². The van der Waals surface area contributed by atoms with Gasteiger partial charge in [-0.1, -0.05) is 6.07 Å². The minimum absolute atomic E-state index is 0.142. The summed E-state index contributed by atoms with van der Waals surface area (Å²) in [4.78, 5) is 13.4. The molecule has 1 heterocycles. The molecule has 0 spiro atoms. The monoisotopic (exact) mass is 263 g/mol. The Morgan fingerprint density at radius 2 is 2.32 bits per heavy atom. The fourth-order valence-electron chi connectivity index (χ4n) is 2.34. The number of esters is 1. The van der Waals surface area contributed by atoms with Crippen LogP contribution < -0.4 is 9.64 Å². The number of anilines is 1. The van der Waals surface area contributed by atoms with E-state index in [-0.39, 0.29) is 5.97 Å². The Bertz CT molecular complexity index is 445. The lowest BCUT2D eigenvalue weighted by Crippen LogP contribution is -2.32. The van der Waals surface area contributed by atoms with Crippen LogP contribution in [0, 0.1) is 0 Å². The largest absolute Gasteiger partial charge is 0.490 e. The highest BCUT2D eigenvalue weighted by Crippen LogP contribution is 2.32. The highest BCUT2D eigenvalue weighted by atomic mass is 16.5. The van der Waals surface area contributed by atoms with Gasteiger partial charge >= 0.3 is 5.97 Å². The molecule has 0 saturated carbocycles. The number of fused-ring (bicyclic) bond motifs is 1. The molecule has 0 N–H and O–H groups in total. The van der Waals surface area contributed by atoms with Crippen LogP contribution in [0.2, 0.25) is 0 Å². The fraction of sp³-hybridized carbons (Fsp3) is 0.533. The average molecular weight is 263 g/mol. The van der Waals surface area contributed by atoms with Gasteiger partial charge in [0.1, 0.15) is 12.4 Å². The zero-order chi connectivity index (χ0) is 13.7. The van der Waals surface area contributed by atoms with Crippen LogP contribution in [-0.2, 0) is 16.0 Å². The van der Waals surface area contributed by atoms with Crippen molar-refractivity contribution >= 4 is 11.7 Å². The van der Waals surface area contributed by atoms with E-state index in [1.165, 1.54) is 18.4 Å². The van der Waals surface area contributed by atoms with Crippen molar-refractivity contribution in [1.29, 1.82) is 0 Å². The summed E-state index contributed by atoms with van der Waals surface area (Å²) in [5.41, 5.74) is 2.41. The molecular weight excluding hydrogens is 242 g/mol. The molecule has 2 rings (SSSR count). The van der Waals surface area contributed by atoms with Gasteiger partial charge in [-0.15, -0.1) is 0 Å². The van der Waals surface area contributed by atoms with E-state index in [2.05, 4.69) is 28.7 Å². The van der Waals surface area contributed by atoms with Crippen LogP contribution in [0.3, 0.4) is 0 Å². The summed E-state index contributed by atoms with van der Waals surface area (Å²) in [6.45, 7) is 4.83. The van der Waals surface area contributed by atoms with Crippen LogP contribution in [0.5, 0.6) is 5.75 Å². The summed E-state index contributed by atoms with van der Waals surface area (Å²) >= 11 is 0. The molecule has 19 heavy (non-hydrogen) atoms. The molecule has 0 unspecified atom stereocenters. The van der Waals surface area contributed by atoms with E-state index < -0.39 is 0 Å². The number of benzene rings is 1. The van der Waals surface area contributed by atoms with Crippen molar-refractivity contribution in [2.24, 2.45) is 0 Å². The van der Waals surface area contributed by atoms with Crippen LogP contribution in [-0.4, -0.2) is 32.8 Å². The van der Waals surface area contributed by atoms with E-state index in [0.717, 1.165) is 38.3 Å². The third kappa shape index (κ3) is 3.40. The second-order valence-corrected chi connectivity index (χ2v) is 4.66. The van der Waals surface area contributed by atoms with Crippen molar-refractivity contribution in [2.75, 3.05) is 31.7 Å². The van der Waals surface area contributed by atoms with Crippen molar-refractivity contribution in [3.8, 4) is 5.75 Å². The normalized spacial score (nSPS) is 13.7. The van der Waals surface area contributed by atoms with Gasteiger partial charge in [0, 0.05) is 13.0 Å². The molecule has 0 aliphatic carbocycles. The average Bonchev–Trinajstić information content (AvgIpc) is 2.46. The van der Waals surface area contributed by atoms with Crippen LogP contribution in [0.25, 0.3) is 0 Å². The highest BCUT2D eigenvalue weighted by molar-refractivity contribution is 5.69. The van der Waals surface area contributed by atoms with Gasteiger partial charge in [0.2, 0.25) is 0 Å². The Labute approximate surface area is 114 Å². The van der Waals surface area contributed by atoms with Crippen molar-refractivity contribution < 1.29 is 14.3 Å². The molecule has 0 atom stereocenters. The molecule has 4 heteroatoms. The molecule has 0 bridgehead atoms. The molecule has 4 nitrogen and oxygen atoms in total. The number of hydrogen-bond donors (Lipinski definition) is 0. The molecule has 0 fully saturated rings. The summed E-state index contributed by atoms with van der Waals surface area (Å²) in [6, 6.07) is 6.29. The molecule has 0 saturated heterocycles. The van der Waals surface area contributed by atoms with Crippen molar-refractivity contribution in [3.05, 3.63) is 23.8 Å². The van der Waals surface area contributed by atoms with Gasteiger partial charge in [0.15, 0.2) is 0 Å². The first-order valence-corrected chi connectivity index (χ1v) is 6.82. The first kappa shape index (κ1) is 13.7. The van der Waals surface area contributed by atoms with E-state index in [9.17, 15) is 4.79 Å². The third-order valence-electron chi connectivity index (χ3n) is 3.44. The molecule has 0 radical (unpaired) electrons. The number of carbonyl (C=O) groups excluding carboxylic acids is 1. The molecule has 0 amide bonds. The van der Waals surface area contributed by atoms with Crippen LogP contribution in [0.15, 0.2) is 18.2 Å². The molecular formula is C15H21NO3. The number of likely N-dealkylation sites (N-methyl/N-ethyl adjacent to an activating group) is 1. The van der Waals surface area contributed by atoms with E-state index in [0.29, 0.717) is 6.42 Å². The molecule has 104 valence electrons. The van der Waals surface area contributed by atoms with E-state index in [1.54, 1.807) is 0 Å². The van der Waals surface area contributed by atoms with E-state index in [1.807, 2.05) is 6.07 Å². The number of nitrogens with zero attached hydrogens (tertiary/aromatic N) is 1. The zero-order valence-electron chi connectivity index (χ0n) is 11.6. The predicted molar refractivity (Wildman–Crippen MR) is 74.8 cm³/mol. The van der Waals surface area contributed by atoms with Gasteiger partial charge in [-0.2, -0.15) is 0 Å². The molecule has 0 aromatic heterocycles. The second kappa shape index (κ2) is 6.45. The fourth-order valence-corrected chi connectivity index (χ4v) is 2.34. The Morgan fingerprint density at radius 1 is 1.47 bits per heavy atom. The quantitative estimate of drug-likeness (QED) is 0.765. The van der Waals surface area contributed by atoms with Crippen LogP contribution >= 0.6 is 0 Å². The molecule has 1 aromatic rings. The van der Waals surface area contributed by atoms with E-state index >= 15 is 0 Å². The van der Waals surface area contributed by atoms with Crippen LogP contribution in [0.4, 0.5) is 5.69 Å². The number of methoxy groups -OCH3 is 1. The summed E-state index contributed by atoms with van der Waals surface area (Å²) in [6.07, 6.45) is 2.18. The van der Waals surface area contributed by atoms with Gasteiger partial charge in [0.25, 0.3) is 0 Å². The first-order chi connectivity index (χ1) is 9.24. The van der Waals surface area contributed by atoms with Gasteiger partial charge in [0.05, 0.1) is 19.3 Å². The van der Waals surface area contributed by atoms with Crippen molar-refractivity contribution in [3.63, 3.8) is 0 Å². The minimum atomic E-state index is -0.142. The maximum absolute atomic E-state index is 11.1. The number of ether oxygens (including phenoxy) is 2. The number of aryl methyl sites for hydroxylation is 1. The van der Waals surface area contributed by atoms with Gasteiger partial charge < -0.3 is 14.4 Å². The van der Waals surface area contributed by atoms with Crippen LogP contribution in [0.1, 0.15) is 25.3 Å². The number of hydrogen-bond acceptors (Lipinski definition) is 4. The Balaban J connectivity index is 2.01. The highest BCUT2D eigenvalue weighted by Gasteiger charge is 2.16. The van der Waals surface area contributed by atoms with Gasteiger partial charge in [-0.25, -0.2) is 0 Å². The lowest BCUT2D eigenvalue weighted by molar-refractivity contribution is -0.140. The first-order valence-electron chi connectivity index (χ1n) is 6.82. The topological polar surface area (TPSA) is 38.8 Å². The van der Waals surface area contributed by atoms with Crippen molar-refractivity contribution in [1.82, 2.24) is 0 Å². The molecule has 1 aliphatic heterocycles. The van der Waals surface area contributed by atoms with Crippen molar-refractivity contribution in [2.45, 2.75) is 26.2 Å².